The number of hydrogen-bond acceptors (Lipinski definition) is 4. The summed E-state index contributed by atoms with van der Waals surface area (Å²) < 4.78 is 44.5. The number of methoxy groups -OCH3 is 1. The predicted octanol–water partition coefficient (Wildman–Crippen LogP) is 3.72. The molecule has 0 bridgehead atoms. The first-order valence-electron chi connectivity index (χ1n) is 9.05. The van der Waals surface area contributed by atoms with Crippen LogP contribution in [0.4, 0.5) is 18.9 Å². The van der Waals surface area contributed by atoms with E-state index in [0.29, 0.717) is 11.3 Å². The van der Waals surface area contributed by atoms with Gasteiger partial charge < -0.3 is 15.0 Å². The van der Waals surface area contributed by atoms with Crippen LogP contribution in [-0.4, -0.2) is 41.7 Å². The molecule has 0 aliphatic carbocycles. The van der Waals surface area contributed by atoms with Gasteiger partial charge in [-0.15, -0.1) is 0 Å². The van der Waals surface area contributed by atoms with Crippen molar-refractivity contribution < 1.29 is 27.5 Å². The van der Waals surface area contributed by atoms with Crippen molar-refractivity contribution in [3.8, 4) is 5.75 Å². The number of para-hydroxylation sites is 1. The van der Waals surface area contributed by atoms with E-state index in [0.717, 1.165) is 12.1 Å². The number of anilines is 1. The number of aliphatic imine (C=N–C) groups is 1. The van der Waals surface area contributed by atoms with Crippen molar-refractivity contribution in [2.45, 2.75) is 25.7 Å². The zero-order valence-electron chi connectivity index (χ0n) is 16.6. The van der Waals surface area contributed by atoms with E-state index in [4.69, 9.17) is 4.74 Å². The Morgan fingerprint density at radius 2 is 1.77 bits per heavy atom. The van der Waals surface area contributed by atoms with Gasteiger partial charge >= 0.3 is 6.18 Å². The topological polar surface area (TPSA) is 71.0 Å². The average molecular weight is 419 g/mol. The molecule has 0 radical (unpaired) electrons. The number of carbonyl (C=O) groups excluding carboxylic acids is 2. The highest BCUT2D eigenvalue weighted by Gasteiger charge is 2.41. The first kappa shape index (κ1) is 21.4. The highest BCUT2D eigenvalue weighted by atomic mass is 19.4. The van der Waals surface area contributed by atoms with E-state index in [2.05, 4.69) is 10.3 Å². The van der Waals surface area contributed by atoms with Crippen LogP contribution >= 0.6 is 0 Å². The molecule has 0 spiro atoms. The molecule has 30 heavy (non-hydrogen) atoms. The lowest BCUT2D eigenvalue weighted by Crippen LogP contribution is -2.47. The maximum atomic E-state index is 13.1. The Kier molecular flexibility index (Phi) is 5.56. The summed E-state index contributed by atoms with van der Waals surface area (Å²) in [4.78, 5) is 31.0. The molecule has 0 saturated heterocycles. The molecule has 0 atom stereocenters. The second-order valence-corrected chi connectivity index (χ2v) is 7.17. The van der Waals surface area contributed by atoms with Crippen LogP contribution in [0.3, 0.4) is 0 Å². The molecule has 0 unspecified atom stereocenters. The molecule has 6 nitrogen and oxygen atoms in total. The van der Waals surface area contributed by atoms with Gasteiger partial charge in [0.05, 0.1) is 18.4 Å². The first-order valence-corrected chi connectivity index (χ1v) is 9.05. The highest BCUT2D eigenvalue weighted by Crippen LogP contribution is 2.34. The van der Waals surface area contributed by atoms with Crippen molar-refractivity contribution in [1.82, 2.24) is 4.90 Å². The van der Waals surface area contributed by atoms with Gasteiger partial charge in [0.2, 0.25) is 5.91 Å². The third kappa shape index (κ3) is 4.29. The lowest BCUT2D eigenvalue weighted by Gasteiger charge is -2.29. The summed E-state index contributed by atoms with van der Waals surface area (Å²) in [5, 5.41) is 2.25. The summed E-state index contributed by atoms with van der Waals surface area (Å²) in [6.45, 7) is 2.86. The highest BCUT2D eigenvalue weighted by molar-refractivity contribution is 6.47. The number of nitrogens with zero attached hydrogens (tertiary/aromatic N) is 2. The molecular formula is C21H20F3N3O3. The number of halogens is 3. The molecule has 9 heteroatoms. The van der Waals surface area contributed by atoms with Crippen LogP contribution in [0.1, 0.15) is 25.0 Å². The lowest BCUT2D eigenvalue weighted by molar-refractivity contribution is -0.137. The normalized spacial score (nSPS) is 15.7. The average Bonchev–Trinajstić information content (AvgIpc) is 2.91. The van der Waals surface area contributed by atoms with E-state index in [-0.39, 0.29) is 11.4 Å². The van der Waals surface area contributed by atoms with Crippen LogP contribution in [0.5, 0.6) is 5.75 Å². The Morgan fingerprint density at radius 1 is 1.13 bits per heavy atom. The van der Waals surface area contributed by atoms with E-state index in [1.807, 2.05) is 0 Å². The van der Waals surface area contributed by atoms with Gasteiger partial charge in [-0.3, -0.25) is 14.6 Å². The van der Waals surface area contributed by atoms with E-state index in [1.165, 1.54) is 24.1 Å². The quantitative estimate of drug-likeness (QED) is 0.803. The van der Waals surface area contributed by atoms with Crippen molar-refractivity contribution >= 4 is 23.2 Å². The number of amides is 2. The summed E-state index contributed by atoms with van der Waals surface area (Å²) in [6, 6.07) is 11.4. The number of rotatable bonds is 5. The van der Waals surface area contributed by atoms with E-state index < -0.39 is 35.8 Å². The van der Waals surface area contributed by atoms with Crippen LogP contribution in [0, 0.1) is 0 Å². The zero-order chi connectivity index (χ0) is 22.1. The molecule has 1 aliphatic heterocycles. The smallest absolute Gasteiger partial charge is 0.418 e. The summed E-state index contributed by atoms with van der Waals surface area (Å²) in [7, 11) is 1.52. The number of carbonyl (C=O) groups is 2. The number of nitrogens with one attached hydrogen (secondary N) is 1. The minimum atomic E-state index is -4.61. The van der Waals surface area contributed by atoms with Crippen molar-refractivity contribution in [1.29, 1.82) is 0 Å². The number of hydrogen-bond donors (Lipinski definition) is 1. The fraction of sp³-hybridized carbons (Fsp3) is 0.286. The molecule has 0 aromatic heterocycles. The van der Waals surface area contributed by atoms with Gasteiger partial charge in [0.15, 0.2) is 0 Å². The Bertz CT molecular complexity index is 999. The molecule has 1 N–H and O–H groups in total. The SMILES string of the molecule is COc1ccc(C2=NC(C)(C)N(CC(=O)Nc3ccccc3C(F)(F)F)C2=O)cc1. The Morgan fingerprint density at radius 3 is 2.37 bits per heavy atom. The van der Waals surface area contributed by atoms with Crippen LogP contribution in [0.15, 0.2) is 53.5 Å². The molecule has 2 amide bonds. The van der Waals surface area contributed by atoms with Crippen molar-refractivity contribution in [3.05, 3.63) is 59.7 Å². The first-order chi connectivity index (χ1) is 14.0. The fourth-order valence-corrected chi connectivity index (χ4v) is 3.13. The number of alkyl halides is 3. The van der Waals surface area contributed by atoms with Crippen molar-refractivity contribution in [2.75, 3.05) is 19.0 Å². The van der Waals surface area contributed by atoms with E-state index in [9.17, 15) is 22.8 Å². The van der Waals surface area contributed by atoms with E-state index >= 15 is 0 Å². The maximum Gasteiger partial charge on any atom is 0.418 e. The largest absolute Gasteiger partial charge is 0.497 e. The Hall–Kier alpha value is -3.36. The fourth-order valence-electron chi connectivity index (χ4n) is 3.13. The minimum Gasteiger partial charge on any atom is -0.497 e. The molecule has 3 rings (SSSR count). The standard InChI is InChI=1S/C21H20F3N3O3/c1-20(2)26-18(13-8-10-14(30-3)11-9-13)19(29)27(20)12-17(28)25-16-7-5-4-6-15(16)21(22,23)24/h4-11H,12H2,1-3H3,(H,25,28). The minimum absolute atomic E-state index is 0.172. The van der Waals surface area contributed by atoms with Crippen molar-refractivity contribution in [2.24, 2.45) is 4.99 Å². The maximum absolute atomic E-state index is 13.1. The van der Waals surface area contributed by atoms with E-state index in [1.54, 1.807) is 38.1 Å². The monoisotopic (exact) mass is 419 g/mol. The third-order valence-corrected chi connectivity index (χ3v) is 4.67. The third-order valence-electron chi connectivity index (χ3n) is 4.67. The van der Waals surface area contributed by atoms with Crippen molar-refractivity contribution in [3.63, 3.8) is 0 Å². The van der Waals surface area contributed by atoms with Gasteiger partial charge in [-0.1, -0.05) is 12.1 Å². The van der Waals surface area contributed by atoms with Crippen LogP contribution in [-0.2, 0) is 15.8 Å². The number of ether oxygens (including phenoxy) is 1. The van der Waals surface area contributed by atoms with Gasteiger partial charge in [0.25, 0.3) is 5.91 Å². The molecule has 1 heterocycles. The molecular weight excluding hydrogens is 399 g/mol. The molecule has 0 fully saturated rings. The molecule has 1 aliphatic rings. The number of benzene rings is 2. The molecule has 0 saturated carbocycles. The summed E-state index contributed by atoms with van der Waals surface area (Å²) in [5.41, 5.74) is -1.63. The van der Waals surface area contributed by atoms with Gasteiger partial charge in [-0.25, -0.2) is 0 Å². The second kappa shape index (κ2) is 7.81. The van der Waals surface area contributed by atoms with Gasteiger partial charge in [0, 0.05) is 5.56 Å². The summed E-state index contributed by atoms with van der Waals surface area (Å²) in [5.74, 6) is -0.618. The predicted molar refractivity (Wildman–Crippen MR) is 105 cm³/mol. The Balaban J connectivity index is 1.77. The Labute approximate surface area is 171 Å². The van der Waals surface area contributed by atoms with Gasteiger partial charge in [0.1, 0.15) is 23.7 Å². The molecule has 2 aromatic carbocycles. The van der Waals surface area contributed by atoms with Crippen LogP contribution in [0.2, 0.25) is 0 Å². The zero-order valence-corrected chi connectivity index (χ0v) is 16.6. The summed E-state index contributed by atoms with van der Waals surface area (Å²) >= 11 is 0. The lowest BCUT2D eigenvalue weighted by atomic mass is 10.1. The molecule has 158 valence electrons. The van der Waals surface area contributed by atoms with Crippen LogP contribution in [0.25, 0.3) is 0 Å². The second-order valence-electron chi connectivity index (χ2n) is 7.17. The summed E-state index contributed by atoms with van der Waals surface area (Å²) in [6.07, 6.45) is -4.61. The van der Waals surface area contributed by atoms with Crippen LogP contribution < -0.4 is 10.1 Å². The van der Waals surface area contributed by atoms with Gasteiger partial charge in [-0.05, 0) is 50.2 Å². The molecule has 2 aromatic rings. The van der Waals surface area contributed by atoms with Gasteiger partial charge in [-0.2, -0.15) is 13.2 Å².